The number of esters is 3. The van der Waals surface area contributed by atoms with Crippen molar-refractivity contribution in [2.75, 3.05) is 26.4 Å². The minimum absolute atomic E-state index is 0.164. The fourth-order valence-electron chi connectivity index (χ4n) is 8.54. The molecule has 0 heterocycles. The lowest BCUT2D eigenvalue weighted by molar-refractivity contribution is -0.161. The zero-order valence-corrected chi connectivity index (χ0v) is 48.7. The highest BCUT2D eigenvalue weighted by molar-refractivity contribution is 7.47. The zero-order valence-electron chi connectivity index (χ0n) is 47.8. The molecular formula is C62H113O11P. The number of hydrogen-bond donors (Lipinski definition) is 2. The molecule has 0 fully saturated rings. The maximum Gasteiger partial charge on any atom is 0.472 e. The Labute approximate surface area is 453 Å². The number of phosphoric acid groups is 1. The van der Waals surface area contributed by atoms with Crippen LogP contribution in [0.5, 0.6) is 0 Å². The van der Waals surface area contributed by atoms with E-state index in [-0.39, 0.29) is 25.9 Å². The van der Waals surface area contributed by atoms with Crippen LogP contribution < -0.4 is 0 Å². The van der Waals surface area contributed by atoms with Crippen LogP contribution in [-0.4, -0.2) is 66.5 Å². The zero-order chi connectivity index (χ0) is 54.1. The Bertz CT molecular complexity index is 1430. The minimum atomic E-state index is -4.75. The first-order valence-electron chi connectivity index (χ1n) is 30.5. The Morgan fingerprint density at radius 3 is 1.05 bits per heavy atom. The van der Waals surface area contributed by atoms with Gasteiger partial charge in [0.15, 0.2) is 6.10 Å². The molecule has 0 saturated carbocycles. The summed E-state index contributed by atoms with van der Waals surface area (Å²) in [6.07, 6.45) is 60.7. The van der Waals surface area contributed by atoms with E-state index in [1.807, 2.05) is 0 Å². The van der Waals surface area contributed by atoms with Crippen LogP contribution in [0.25, 0.3) is 0 Å². The predicted octanol–water partition coefficient (Wildman–Crippen LogP) is 18.1. The highest BCUT2D eigenvalue weighted by atomic mass is 31.2. The minimum Gasteiger partial charge on any atom is -0.462 e. The molecule has 11 nitrogen and oxygen atoms in total. The molecule has 2 N–H and O–H groups in total. The summed E-state index contributed by atoms with van der Waals surface area (Å²) in [5.74, 6) is -1.47. The fraction of sp³-hybridized carbons (Fsp3) is 0.823. The van der Waals surface area contributed by atoms with Crippen molar-refractivity contribution in [2.24, 2.45) is 0 Å². The van der Waals surface area contributed by atoms with Crippen LogP contribution in [0.1, 0.15) is 290 Å². The van der Waals surface area contributed by atoms with Crippen molar-refractivity contribution in [3.8, 4) is 0 Å². The van der Waals surface area contributed by atoms with Crippen molar-refractivity contribution in [2.45, 2.75) is 303 Å². The van der Waals surface area contributed by atoms with Crippen molar-refractivity contribution in [3.05, 3.63) is 48.6 Å². The second kappa shape index (κ2) is 56.6. The quantitative estimate of drug-likeness (QED) is 0.0197. The van der Waals surface area contributed by atoms with Crippen LogP contribution in [0, 0.1) is 0 Å². The van der Waals surface area contributed by atoms with Crippen molar-refractivity contribution < 1.29 is 52.2 Å². The van der Waals surface area contributed by atoms with Crippen LogP contribution in [0.3, 0.4) is 0 Å². The Balaban J connectivity index is 4.69. The van der Waals surface area contributed by atoms with Gasteiger partial charge in [0.05, 0.1) is 19.8 Å². The van der Waals surface area contributed by atoms with Gasteiger partial charge in [-0.1, -0.05) is 236 Å². The molecular weight excluding hydrogens is 952 g/mol. The van der Waals surface area contributed by atoms with E-state index in [4.69, 9.17) is 23.3 Å². The van der Waals surface area contributed by atoms with E-state index in [0.717, 1.165) is 89.9 Å². The summed E-state index contributed by atoms with van der Waals surface area (Å²) in [4.78, 5) is 48.5. The number of allylic oxidation sites excluding steroid dienone is 8. The SMILES string of the molecule is CCCCC/C=C\C/C=C\C/C=C\CCCCCCCCC(=O)OCC(COP(=O)(O)OCC(CO)OC(=O)CCCCCCCCCCC)OC(=O)CCCCCCCCCCC/C=C\CCCCCCCC. The van der Waals surface area contributed by atoms with Gasteiger partial charge in [-0.05, 0) is 83.5 Å². The van der Waals surface area contributed by atoms with E-state index in [1.54, 1.807) is 0 Å². The van der Waals surface area contributed by atoms with E-state index < -0.39 is 57.8 Å². The number of aliphatic hydroxyl groups is 1. The topological polar surface area (TPSA) is 155 Å². The summed E-state index contributed by atoms with van der Waals surface area (Å²) in [6, 6.07) is 0. The third-order valence-corrected chi connectivity index (χ3v) is 14.2. The average Bonchev–Trinajstić information content (AvgIpc) is 3.39. The van der Waals surface area contributed by atoms with E-state index in [1.165, 1.54) is 141 Å². The highest BCUT2D eigenvalue weighted by Gasteiger charge is 2.28. The largest absolute Gasteiger partial charge is 0.472 e. The molecule has 3 unspecified atom stereocenters. The number of carbonyl (C=O) groups excluding carboxylic acids is 3. The van der Waals surface area contributed by atoms with Crippen molar-refractivity contribution >= 4 is 25.7 Å². The smallest absolute Gasteiger partial charge is 0.462 e. The van der Waals surface area contributed by atoms with Gasteiger partial charge in [0.25, 0.3) is 0 Å². The van der Waals surface area contributed by atoms with E-state index >= 15 is 0 Å². The van der Waals surface area contributed by atoms with Crippen LogP contribution in [0.2, 0.25) is 0 Å². The Morgan fingerprint density at radius 1 is 0.378 bits per heavy atom. The number of hydrogen-bond acceptors (Lipinski definition) is 10. The van der Waals surface area contributed by atoms with Gasteiger partial charge in [-0.25, -0.2) is 4.57 Å². The molecule has 0 saturated heterocycles. The fourth-order valence-corrected chi connectivity index (χ4v) is 9.32. The van der Waals surface area contributed by atoms with Crippen molar-refractivity contribution in [3.63, 3.8) is 0 Å². The molecule has 12 heteroatoms. The third kappa shape index (κ3) is 54.2. The first-order chi connectivity index (χ1) is 36.2. The lowest BCUT2D eigenvalue weighted by Crippen LogP contribution is -2.30. The number of carbonyl (C=O) groups is 3. The van der Waals surface area contributed by atoms with Crippen molar-refractivity contribution in [1.82, 2.24) is 0 Å². The van der Waals surface area contributed by atoms with Gasteiger partial charge < -0.3 is 24.2 Å². The molecule has 0 aliphatic heterocycles. The summed E-state index contributed by atoms with van der Waals surface area (Å²) in [5, 5.41) is 9.78. The van der Waals surface area contributed by atoms with Gasteiger partial charge in [0.2, 0.25) is 0 Å². The molecule has 0 aliphatic rings. The summed E-state index contributed by atoms with van der Waals surface area (Å²) in [6.45, 7) is 4.61. The van der Waals surface area contributed by atoms with Crippen LogP contribution in [-0.2, 0) is 42.2 Å². The maximum absolute atomic E-state index is 12.9. The van der Waals surface area contributed by atoms with E-state index in [0.29, 0.717) is 19.3 Å². The van der Waals surface area contributed by atoms with Crippen LogP contribution in [0.15, 0.2) is 48.6 Å². The molecule has 0 rings (SSSR count). The molecule has 74 heavy (non-hydrogen) atoms. The number of aliphatic hydroxyl groups excluding tert-OH is 1. The average molecular weight is 1070 g/mol. The second-order valence-corrected chi connectivity index (χ2v) is 22.0. The van der Waals surface area contributed by atoms with Crippen molar-refractivity contribution in [1.29, 1.82) is 0 Å². The molecule has 0 radical (unpaired) electrons. The maximum atomic E-state index is 12.9. The lowest BCUT2D eigenvalue weighted by Gasteiger charge is -2.21. The van der Waals surface area contributed by atoms with Gasteiger partial charge in [-0.3, -0.25) is 23.4 Å². The molecule has 0 aromatic carbocycles. The first-order valence-corrected chi connectivity index (χ1v) is 32.0. The number of rotatable bonds is 57. The standard InChI is InChI=1S/C62H113O11P/c1-4-7-10-13-16-19-21-23-25-27-29-31-33-35-37-40-42-45-48-51-60(64)69-55-59(57-71-74(67,68)70-56-58(54-63)72-61(65)52-49-46-43-39-18-15-12-9-6-3)73-62(66)53-50-47-44-41-38-36-34-32-30-28-26-24-22-20-17-14-11-8-5-2/h16,19,23-26,29,31,58-59,63H,4-15,17-18,20-22,27-28,30,32-57H2,1-3H3,(H,67,68)/b19-16-,25-23-,26-24-,31-29-. The molecule has 0 aromatic rings. The molecule has 0 aromatic heterocycles. The summed E-state index contributed by atoms with van der Waals surface area (Å²) in [7, 11) is -4.75. The van der Waals surface area contributed by atoms with E-state index in [2.05, 4.69) is 69.4 Å². The third-order valence-electron chi connectivity index (χ3n) is 13.2. The van der Waals surface area contributed by atoms with Crippen LogP contribution in [0.4, 0.5) is 0 Å². The predicted molar refractivity (Wildman–Crippen MR) is 307 cm³/mol. The Morgan fingerprint density at radius 2 is 0.662 bits per heavy atom. The lowest BCUT2D eigenvalue weighted by atomic mass is 10.1. The molecule has 432 valence electrons. The Kier molecular flexibility index (Phi) is 54.7. The molecule has 0 bridgehead atoms. The monoisotopic (exact) mass is 1060 g/mol. The Hall–Kier alpha value is -2.56. The second-order valence-electron chi connectivity index (χ2n) is 20.5. The first kappa shape index (κ1) is 71.4. The van der Waals surface area contributed by atoms with Gasteiger partial charge in [-0.15, -0.1) is 0 Å². The van der Waals surface area contributed by atoms with Gasteiger partial charge in [0.1, 0.15) is 12.7 Å². The summed E-state index contributed by atoms with van der Waals surface area (Å²) >= 11 is 0. The normalized spacial score (nSPS) is 13.6. The summed E-state index contributed by atoms with van der Waals surface area (Å²) in [5.41, 5.74) is 0. The van der Waals surface area contributed by atoms with Gasteiger partial charge >= 0.3 is 25.7 Å². The molecule has 0 spiro atoms. The number of unbranched alkanes of at least 4 members (excludes halogenated alkanes) is 32. The highest BCUT2D eigenvalue weighted by Crippen LogP contribution is 2.43. The van der Waals surface area contributed by atoms with Crippen LogP contribution >= 0.6 is 7.82 Å². The molecule has 0 amide bonds. The van der Waals surface area contributed by atoms with Gasteiger partial charge in [0, 0.05) is 19.3 Å². The number of phosphoric ester groups is 1. The van der Waals surface area contributed by atoms with E-state index in [9.17, 15) is 28.9 Å². The summed E-state index contributed by atoms with van der Waals surface area (Å²) < 4.78 is 39.5. The molecule has 0 aliphatic carbocycles. The number of ether oxygens (including phenoxy) is 3. The van der Waals surface area contributed by atoms with Gasteiger partial charge in [-0.2, -0.15) is 0 Å². The molecule has 3 atom stereocenters.